The highest BCUT2D eigenvalue weighted by molar-refractivity contribution is 5.64. The molecule has 0 saturated heterocycles. The number of rotatable bonds is 15. The van der Waals surface area contributed by atoms with Gasteiger partial charge in [0.25, 0.3) is 0 Å². The van der Waals surface area contributed by atoms with Crippen LogP contribution in [-0.2, 0) is 6.42 Å². The number of hydrogen-bond acceptors (Lipinski definition) is 1. The van der Waals surface area contributed by atoms with Crippen LogP contribution in [0.3, 0.4) is 0 Å². The Morgan fingerprint density at radius 2 is 1.16 bits per heavy atom. The van der Waals surface area contributed by atoms with Gasteiger partial charge >= 0.3 is 0 Å². The summed E-state index contributed by atoms with van der Waals surface area (Å²) in [5.41, 5.74) is 4.09. The molecule has 2 aliphatic rings. The lowest BCUT2D eigenvalue weighted by molar-refractivity contribution is 0.190. The Labute approximate surface area is 235 Å². The van der Waals surface area contributed by atoms with Crippen LogP contribution < -0.4 is 4.74 Å². The maximum absolute atomic E-state index is 6.15. The number of benzene rings is 2. The zero-order valence-corrected chi connectivity index (χ0v) is 24.8. The third kappa shape index (κ3) is 9.46. The van der Waals surface area contributed by atoms with Crippen molar-refractivity contribution in [2.75, 3.05) is 6.61 Å². The molecule has 2 unspecified atom stereocenters. The molecule has 2 fully saturated rings. The van der Waals surface area contributed by atoms with Crippen LogP contribution in [0.2, 0.25) is 0 Å². The van der Waals surface area contributed by atoms with Crippen LogP contribution in [-0.4, -0.2) is 6.61 Å². The van der Waals surface area contributed by atoms with Crippen molar-refractivity contribution < 1.29 is 4.74 Å². The van der Waals surface area contributed by atoms with Gasteiger partial charge in [-0.1, -0.05) is 140 Å². The average Bonchev–Trinajstić information content (AvgIpc) is 2.97. The van der Waals surface area contributed by atoms with Crippen LogP contribution in [0, 0.1) is 23.7 Å². The van der Waals surface area contributed by atoms with E-state index >= 15 is 0 Å². The molecule has 210 valence electrons. The highest BCUT2D eigenvalue weighted by Crippen LogP contribution is 2.37. The molecule has 2 aromatic carbocycles. The van der Waals surface area contributed by atoms with Crippen molar-refractivity contribution in [2.24, 2.45) is 23.7 Å². The van der Waals surface area contributed by atoms with Crippen molar-refractivity contribution in [3.05, 3.63) is 54.1 Å². The fraction of sp³-hybridized carbons (Fsp3) is 0.676. The molecule has 4 rings (SSSR count). The van der Waals surface area contributed by atoms with Crippen molar-refractivity contribution in [3.63, 3.8) is 0 Å². The minimum Gasteiger partial charge on any atom is -0.494 e. The molecule has 0 spiro atoms. The number of unbranched alkanes of at least 4 members (excludes halogenated alkanes) is 2. The van der Waals surface area contributed by atoms with Gasteiger partial charge in [0.2, 0.25) is 0 Å². The normalized spacial score (nSPS) is 23.8. The number of aryl methyl sites for hydroxylation is 1. The molecule has 0 N–H and O–H groups in total. The highest BCUT2D eigenvalue weighted by atomic mass is 16.5. The molecule has 2 saturated carbocycles. The summed E-state index contributed by atoms with van der Waals surface area (Å²) < 4.78 is 6.15. The van der Waals surface area contributed by atoms with Crippen molar-refractivity contribution in [1.82, 2.24) is 0 Å². The zero-order chi connectivity index (χ0) is 26.4. The molecule has 1 heteroatoms. The summed E-state index contributed by atoms with van der Waals surface area (Å²) in [7, 11) is 0. The van der Waals surface area contributed by atoms with E-state index in [-0.39, 0.29) is 0 Å². The van der Waals surface area contributed by atoms with E-state index in [0.717, 1.165) is 36.0 Å². The fourth-order valence-electron chi connectivity index (χ4n) is 7.43. The van der Waals surface area contributed by atoms with Gasteiger partial charge in [0.15, 0.2) is 0 Å². The second-order valence-electron chi connectivity index (χ2n) is 12.7. The van der Waals surface area contributed by atoms with Gasteiger partial charge in [0.1, 0.15) is 5.75 Å². The second kappa shape index (κ2) is 16.4. The summed E-state index contributed by atoms with van der Waals surface area (Å²) in [6.45, 7) is 5.51. The van der Waals surface area contributed by atoms with Gasteiger partial charge in [0, 0.05) is 0 Å². The Morgan fingerprint density at radius 1 is 0.579 bits per heavy atom. The van der Waals surface area contributed by atoms with Gasteiger partial charge in [-0.05, 0) is 78.2 Å². The molecule has 38 heavy (non-hydrogen) atoms. The summed E-state index contributed by atoms with van der Waals surface area (Å²) in [5.74, 6) is 4.90. The molecule has 0 aromatic heterocycles. The number of ether oxygens (including phenoxy) is 1. The molecule has 2 atom stereocenters. The fourth-order valence-corrected chi connectivity index (χ4v) is 7.43. The summed E-state index contributed by atoms with van der Waals surface area (Å²) in [5, 5.41) is 0. The Kier molecular flexibility index (Phi) is 12.6. The van der Waals surface area contributed by atoms with Crippen LogP contribution in [0.25, 0.3) is 11.1 Å². The van der Waals surface area contributed by atoms with Crippen molar-refractivity contribution in [2.45, 2.75) is 129 Å². The van der Waals surface area contributed by atoms with Crippen LogP contribution in [0.1, 0.15) is 129 Å². The van der Waals surface area contributed by atoms with Gasteiger partial charge < -0.3 is 4.74 Å². The summed E-state index contributed by atoms with van der Waals surface area (Å²) in [6, 6.07) is 18.1. The molecule has 1 nitrogen and oxygen atoms in total. The van der Waals surface area contributed by atoms with E-state index < -0.39 is 0 Å². The monoisotopic (exact) mass is 516 g/mol. The molecular formula is C37H56O. The molecular weight excluding hydrogens is 460 g/mol. The predicted octanol–water partition coefficient (Wildman–Crippen LogP) is 11.4. The summed E-state index contributed by atoms with van der Waals surface area (Å²) >= 11 is 0. The first-order chi connectivity index (χ1) is 18.7. The summed E-state index contributed by atoms with van der Waals surface area (Å²) in [4.78, 5) is 0. The lowest BCUT2D eigenvalue weighted by Gasteiger charge is -2.31. The molecule has 2 aliphatic carbocycles. The van der Waals surface area contributed by atoms with Crippen molar-refractivity contribution >= 4 is 0 Å². The van der Waals surface area contributed by atoms with Crippen LogP contribution in [0.15, 0.2) is 48.5 Å². The SMILES string of the molecule is CCCCCC1CCCCC1CCCOc1ccc(-c2ccc(CCC3CCC(CCC)CC3)cc2)cc1. The first-order valence-corrected chi connectivity index (χ1v) is 16.6. The van der Waals surface area contributed by atoms with Crippen LogP contribution in [0.4, 0.5) is 0 Å². The largest absolute Gasteiger partial charge is 0.494 e. The maximum Gasteiger partial charge on any atom is 0.119 e. The van der Waals surface area contributed by atoms with Gasteiger partial charge in [-0.25, -0.2) is 0 Å². The smallest absolute Gasteiger partial charge is 0.119 e. The minimum absolute atomic E-state index is 0.854. The molecule has 2 aromatic rings. The van der Waals surface area contributed by atoms with E-state index in [9.17, 15) is 0 Å². The van der Waals surface area contributed by atoms with Gasteiger partial charge in [-0.15, -0.1) is 0 Å². The first kappa shape index (κ1) is 29.2. The molecule has 0 aliphatic heterocycles. The molecule has 0 heterocycles. The lowest BCUT2D eigenvalue weighted by atomic mass is 9.74. The van der Waals surface area contributed by atoms with E-state index in [1.807, 2.05) is 0 Å². The van der Waals surface area contributed by atoms with Gasteiger partial charge in [-0.2, -0.15) is 0 Å². The van der Waals surface area contributed by atoms with E-state index in [0.29, 0.717) is 0 Å². The van der Waals surface area contributed by atoms with E-state index in [1.54, 1.807) is 0 Å². The van der Waals surface area contributed by atoms with Gasteiger partial charge in [0.05, 0.1) is 6.61 Å². The average molecular weight is 517 g/mol. The van der Waals surface area contributed by atoms with Crippen LogP contribution >= 0.6 is 0 Å². The van der Waals surface area contributed by atoms with Crippen molar-refractivity contribution in [1.29, 1.82) is 0 Å². The van der Waals surface area contributed by atoms with E-state index in [2.05, 4.69) is 62.4 Å². The van der Waals surface area contributed by atoms with E-state index in [4.69, 9.17) is 4.74 Å². The number of hydrogen-bond donors (Lipinski definition) is 0. The summed E-state index contributed by atoms with van der Waals surface area (Å²) in [6.07, 6.45) is 25.3. The van der Waals surface area contributed by atoms with E-state index in [1.165, 1.54) is 132 Å². The minimum atomic E-state index is 0.854. The maximum atomic E-state index is 6.15. The van der Waals surface area contributed by atoms with Crippen LogP contribution in [0.5, 0.6) is 5.75 Å². The molecule has 0 bridgehead atoms. The van der Waals surface area contributed by atoms with Gasteiger partial charge in [-0.3, -0.25) is 0 Å². The first-order valence-electron chi connectivity index (χ1n) is 16.6. The lowest BCUT2D eigenvalue weighted by Crippen LogP contribution is -2.20. The Balaban J connectivity index is 1.15. The molecule has 0 amide bonds. The topological polar surface area (TPSA) is 9.23 Å². The molecule has 0 radical (unpaired) electrons. The predicted molar refractivity (Wildman–Crippen MR) is 165 cm³/mol. The Bertz CT molecular complexity index is 874. The van der Waals surface area contributed by atoms with Crippen molar-refractivity contribution in [3.8, 4) is 16.9 Å². The Morgan fingerprint density at radius 3 is 1.76 bits per heavy atom. The highest BCUT2D eigenvalue weighted by Gasteiger charge is 2.24. The standard InChI is InChI=1S/C37H56O/c1-3-5-6-11-33-12-7-8-13-34(33)14-9-29-38-37-27-25-36(26-28-37)35-23-21-32(22-24-35)20-19-31-17-15-30(10-4-2)16-18-31/h21-28,30-31,33-34H,3-20,29H2,1-2H3. The third-order valence-corrected chi connectivity index (χ3v) is 9.88. The zero-order valence-electron chi connectivity index (χ0n) is 24.8. The third-order valence-electron chi connectivity index (χ3n) is 9.88. The quantitative estimate of drug-likeness (QED) is 0.214. The second-order valence-corrected chi connectivity index (χ2v) is 12.7. The Hall–Kier alpha value is -1.76.